The number of hydrogen-bond donors (Lipinski definition) is 0. The highest BCUT2D eigenvalue weighted by Crippen LogP contribution is 2.50. The van der Waals surface area contributed by atoms with Crippen LogP contribution in [0.15, 0.2) is 158 Å². The molecule has 0 spiro atoms. The molecule has 0 saturated heterocycles. The Kier molecular flexibility index (Phi) is 5.51. The average Bonchev–Trinajstić information content (AvgIpc) is 3.72. The van der Waals surface area contributed by atoms with Crippen molar-refractivity contribution in [3.05, 3.63) is 158 Å². The second-order valence-corrected chi connectivity index (χ2v) is 14.9. The van der Waals surface area contributed by atoms with Gasteiger partial charge in [0.25, 0.3) is 0 Å². The van der Waals surface area contributed by atoms with Crippen molar-refractivity contribution in [2.24, 2.45) is 0 Å². The lowest BCUT2D eigenvalue weighted by atomic mass is 9.85. The number of rotatable bonds is 2. The molecule has 0 radical (unpaired) electrons. The summed E-state index contributed by atoms with van der Waals surface area (Å²) in [5.74, 6) is 0. The normalized spacial score (nSPS) is 12.2. The molecular formula is C46H26S2. The summed E-state index contributed by atoms with van der Waals surface area (Å²) in [4.78, 5) is 0. The minimum atomic E-state index is 1.26. The van der Waals surface area contributed by atoms with E-state index in [1.807, 2.05) is 22.7 Å². The first-order valence-corrected chi connectivity index (χ1v) is 18.1. The highest BCUT2D eigenvalue weighted by Gasteiger charge is 2.20. The Hall–Kier alpha value is -5.54. The van der Waals surface area contributed by atoms with E-state index >= 15 is 0 Å². The predicted octanol–water partition coefficient (Wildman–Crippen LogP) is 14.4. The lowest BCUT2D eigenvalue weighted by Crippen LogP contribution is -1.90. The van der Waals surface area contributed by atoms with Crippen LogP contribution < -0.4 is 0 Å². The van der Waals surface area contributed by atoms with Gasteiger partial charge in [0.15, 0.2) is 0 Å². The molecule has 48 heavy (non-hydrogen) atoms. The molecule has 0 bridgehead atoms. The second-order valence-electron chi connectivity index (χ2n) is 12.8. The predicted molar refractivity (Wildman–Crippen MR) is 213 cm³/mol. The van der Waals surface area contributed by atoms with Gasteiger partial charge in [0.2, 0.25) is 0 Å². The third-order valence-corrected chi connectivity index (χ3v) is 12.6. The highest BCUT2D eigenvalue weighted by atomic mass is 32.1. The number of thiophene rings is 2. The molecule has 0 saturated carbocycles. The molecule has 0 N–H and O–H groups in total. The van der Waals surface area contributed by atoms with Crippen molar-refractivity contribution < 1.29 is 0 Å². The van der Waals surface area contributed by atoms with E-state index in [1.54, 1.807) is 0 Å². The second kappa shape index (κ2) is 9.98. The number of fused-ring (bicyclic) bond motifs is 13. The van der Waals surface area contributed by atoms with E-state index in [4.69, 9.17) is 0 Å². The lowest BCUT2D eigenvalue weighted by molar-refractivity contribution is 1.69. The van der Waals surface area contributed by atoms with E-state index in [0.717, 1.165) is 0 Å². The maximum atomic E-state index is 2.46. The molecular weight excluding hydrogens is 617 g/mol. The minimum Gasteiger partial charge on any atom is -0.135 e. The van der Waals surface area contributed by atoms with Gasteiger partial charge >= 0.3 is 0 Å². The molecule has 0 unspecified atom stereocenters. The third kappa shape index (κ3) is 3.65. The van der Waals surface area contributed by atoms with Gasteiger partial charge in [-0.3, -0.25) is 0 Å². The van der Waals surface area contributed by atoms with Gasteiger partial charge in [0.05, 0.1) is 0 Å². The van der Waals surface area contributed by atoms with Crippen molar-refractivity contribution in [2.45, 2.75) is 0 Å². The quantitative estimate of drug-likeness (QED) is 0.165. The van der Waals surface area contributed by atoms with Gasteiger partial charge in [-0.1, -0.05) is 140 Å². The van der Waals surface area contributed by atoms with Crippen LogP contribution in [0.2, 0.25) is 0 Å². The zero-order valence-corrected chi connectivity index (χ0v) is 27.5. The molecule has 0 atom stereocenters. The van der Waals surface area contributed by atoms with Crippen molar-refractivity contribution in [2.75, 3.05) is 0 Å². The van der Waals surface area contributed by atoms with E-state index in [-0.39, 0.29) is 0 Å². The van der Waals surface area contributed by atoms with Crippen LogP contribution >= 0.6 is 22.7 Å². The van der Waals surface area contributed by atoms with Gasteiger partial charge in [-0.25, -0.2) is 0 Å². The van der Waals surface area contributed by atoms with Crippen molar-refractivity contribution in [3.8, 4) is 22.3 Å². The fourth-order valence-electron chi connectivity index (χ4n) is 8.15. The monoisotopic (exact) mass is 642 g/mol. The van der Waals surface area contributed by atoms with Crippen LogP contribution in [0.1, 0.15) is 0 Å². The molecule has 0 fully saturated rings. The SMILES string of the molecule is c1ccc2cc(-c3c4ccccc4c(-c4ccc5c(c4)sc4c6ccccc6c6sc7ccccc7c6c54)c4ccccc34)ccc2c1. The van der Waals surface area contributed by atoms with Crippen LogP contribution in [0.25, 0.3) is 106 Å². The zero-order chi connectivity index (χ0) is 31.3. The van der Waals surface area contributed by atoms with Crippen LogP contribution in [0, 0.1) is 0 Å². The summed E-state index contributed by atoms with van der Waals surface area (Å²) < 4.78 is 5.47. The first kappa shape index (κ1) is 26.5. The molecule has 0 aliphatic carbocycles. The molecule has 222 valence electrons. The van der Waals surface area contributed by atoms with Crippen LogP contribution in [0.4, 0.5) is 0 Å². The average molecular weight is 643 g/mol. The molecule has 2 heteroatoms. The number of benzene rings is 9. The Balaban J connectivity index is 1.23. The Morgan fingerprint density at radius 1 is 0.292 bits per heavy atom. The fourth-order valence-corrected chi connectivity index (χ4v) is 10.7. The maximum Gasteiger partial charge on any atom is 0.0441 e. The molecule has 11 rings (SSSR count). The van der Waals surface area contributed by atoms with E-state index in [1.165, 1.54) is 106 Å². The van der Waals surface area contributed by atoms with E-state index in [2.05, 4.69) is 158 Å². The van der Waals surface area contributed by atoms with Crippen LogP contribution in [-0.2, 0) is 0 Å². The van der Waals surface area contributed by atoms with E-state index < -0.39 is 0 Å². The summed E-state index contributed by atoms with van der Waals surface area (Å²) in [6, 6.07) is 58.6. The van der Waals surface area contributed by atoms with Gasteiger partial charge in [-0.05, 0) is 72.8 Å². The van der Waals surface area contributed by atoms with Crippen LogP contribution in [-0.4, -0.2) is 0 Å². The fraction of sp³-hybridized carbons (Fsp3) is 0. The lowest BCUT2D eigenvalue weighted by Gasteiger charge is -2.18. The molecule has 2 aromatic heterocycles. The molecule has 0 nitrogen and oxygen atoms in total. The van der Waals surface area contributed by atoms with Crippen molar-refractivity contribution >= 4 is 106 Å². The summed E-state index contributed by atoms with van der Waals surface area (Å²) in [6.07, 6.45) is 0. The zero-order valence-electron chi connectivity index (χ0n) is 25.8. The Bertz CT molecular complexity index is 3060. The van der Waals surface area contributed by atoms with Crippen LogP contribution in [0.3, 0.4) is 0 Å². The van der Waals surface area contributed by atoms with Gasteiger partial charge in [0.1, 0.15) is 0 Å². The van der Waals surface area contributed by atoms with Crippen molar-refractivity contribution in [3.63, 3.8) is 0 Å². The van der Waals surface area contributed by atoms with Crippen LogP contribution in [0.5, 0.6) is 0 Å². The van der Waals surface area contributed by atoms with Gasteiger partial charge < -0.3 is 0 Å². The summed E-state index contributed by atoms with van der Waals surface area (Å²) in [5, 5.41) is 15.9. The van der Waals surface area contributed by atoms with Crippen molar-refractivity contribution in [1.82, 2.24) is 0 Å². The van der Waals surface area contributed by atoms with E-state index in [9.17, 15) is 0 Å². The van der Waals surface area contributed by atoms with Crippen molar-refractivity contribution in [1.29, 1.82) is 0 Å². The molecule has 9 aromatic carbocycles. The Labute approximate surface area is 284 Å². The molecule has 0 aliphatic rings. The standard InChI is InChI=1S/C46H26S2/c1-2-12-28-25-29(22-21-27(28)11-1)41-31-13-3-5-15-33(31)42(34-16-6-4-14-32(34)41)30-23-24-38-40(26-30)48-46-36-18-8-7-17-35(36)45-43(44(38)46)37-19-9-10-20-39(37)47-45/h1-26H. The van der Waals surface area contributed by atoms with Gasteiger partial charge in [-0.2, -0.15) is 0 Å². The summed E-state index contributed by atoms with van der Waals surface area (Å²) in [7, 11) is 0. The Morgan fingerprint density at radius 2 is 0.729 bits per heavy atom. The summed E-state index contributed by atoms with van der Waals surface area (Å²) in [6.45, 7) is 0. The first-order valence-electron chi connectivity index (χ1n) is 16.4. The van der Waals surface area contributed by atoms with Gasteiger partial charge in [-0.15, -0.1) is 22.7 Å². The molecule has 11 aromatic rings. The first-order chi connectivity index (χ1) is 23.8. The molecule has 0 amide bonds. The third-order valence-electron chi connectivity index (χ3n) is 10.2. The maximum absolute atomic E-state index is 2.46. The summed E-state index contributed by atoms with van der Waals surface area (Å²) >= 11 is 3.87. The number of hydrogen-bond acceptors (Lipinski definition) is 2. The van der Waals surface area contributed by atoms with E-state index in [0.29, 0.717) is 0 Å². The Morgan fingerprint density at radius 3 is 1.35 bits per heavy atom. The largest absolute Gasteiger partial charge is 0.135 e. The smallest absolute Gasteiger partial charge is 0.0441 e. The van der Waals surface area contributed by atoms with Gasteiger partial charge in [0, 0.05) is 51.1 Å². The minimum absolute atomic E-state index is 1.26. The highest BCUT2D eigenvalue weighted by molar-refractivity contribution is 7.29. The molecule has 0 aliphatic heterocycles. The molecule has 2 heterocycles. The summed E-state index contributed by atoms with van der Waals surface area (Å²) in [5.41, 5.74) is 5.13. The topological polar surface area (TPSA) is 0 Å².